The van der Waals surface area contributed by atoms with E-state index in [1.807, 2.05) is 52.0 Å². The van der Waals surface area contributed by atoms with Gasteiger partial charge in [-0.15, -0.1) is 0 Å². The van der Waals surface area contributed by atoms with Gasteiger partial charge in [-0.25, -0.2) is 0 Å². The van der Waals surface area contributed by atoms with Crippen molar-refractivity contribution in [3.63, 3.8) is 0 Å². The van der Waals surface area contributed by atoms with E-state index in [9.17, 15) is 0 Å². The fourth-order valence-electron chi connectivity index (χ4n) is 7.82. The van der Waals surface area contributed by atoms with Gasteiger partial charge in [0, 0.05) is 0 Å². The highest BCUT2D eigenvalue weighted by atomic mass is 14.3. The average molecular weight is 779 g/mol. The van der Waals surface area contributed by atoms with Crippen LogP contribution in [0.1, 0.15) is 130 Å². The first kappa shape index (κ1) is 46.2. The Labute approximate surface area is 359 Å². The topological polar surface area (TPSA) is 0 Å². The first-order valence-electron chi connectivity index (χ1n) is 22.4. The lowest BCUT2D eigenvalue weighted by molar-refractivity contribution is 0.732. The van der Waals surface area contributed by atoms with Crippen molar-refractivity contribution in [2.45, 2.75) is 114 Å². The van der Waals surface area contributed by atoms with Crippen LogP contribution < -0.4 is 0 Å². The lowest BCUT2D eigenvalue weighted by Gasteiger charge is -2.26. The molecule has 0 spiro atoms. The van der Waals surface area contributed by atoms with Gasteiger partial charge < -0.3 is 0 Å². The molecule has 0 fully saturated rings. The molecule has 0 aliphatic heterocycles. The second-order valence-electron chi connectivity index (χ2n) is 15.2. The number of aryl methyl sites for hydroxylation is 5. The molecule has 6 aromatic rings. The molecule has 8 rings (SSSR count). The van der Waals surface area contributed by atoms with E-state index in [0.717, 1.165) is 38.5 Å². The van der Waals surface area contributed by atoms with Crippen molar-refractivity contribution in [3.05, 3.63) is 208 Å². The first-order chi connectivity index (χ1) is 28.9. The van der Waals surface area contributed by atoms with Gasteiger partial charge in [-0.05, 0) is 138 Å². The van der Waals surface area contributed by atoms with Gasteiger partial charge in [-0.1, -0.05) is 223 Å². The Bertz CT molecular complexity index is 2240. The third kappa shape index (κ3) is 12.8. The highest BCUT2D eigenvalue weighted by Gasteiger charge is 2.22. The van der Waals surface area contributed by atoms with Crippen LogP contribution in [0.15, 0.2) is 158 Å². The van der Waals surface area contributed by atoms with Crippen molar-refractivity contribution < 1.29 is 0 Å². The van der Waals surface area contributed by atoms with Crippen LogP contribution in [-0.4, -0.2) is 0 Å². The van der Waals surface area contributed by atoms with Crippen LogP contribution in [0.2, 0.25) is 0 Å². The van der Waals surface area contributed by atoms with Crippen LogP contribution in [0.3, 0.4) is 0 Å². The Morgan fingerprint density at radius 2 is 1.12 bits per heavy atom. The Balaban J connectivity index is 0.000000260. The number of hydrogen-bond donors (Lipinski definition) is 0. The van der Waals surface area contributed by atoms with Crippen molar-refractivity contribution in [3.8, 4) is 22.3 Å². The summed E-state index contributed by atoms with van der Waals surface area (Å²) < 4.78 is 0. The molecule has 0 N–H and O–H groups in total. The third-order valence-electron chi connectivity index (χ3n) is 11.2. The van der Waals surface area contributed by atoms with Gasteiger partial charge in [0.1, 0.15) is 0 Å². The molecular weight excluding hydrogens is 709 g/mol. The highest BCUT2D eigenvalue weighted by Crippen LogP contribution is 2.43. The number of benzene rings is 6. The van der Waals surface area contributed by atoms with Gasteiger partial charge in [0.15, 0.2) is 0 Å². The molecule has 0 aromatic heterocycles. The molecule has 0 heteroatoms. The maximum Gasteiger partial charge on any atom is -0.00764 e. The minimum absolute atomic E-state index is 0.511. The summed E-state index contributed by atoms with van der Waals surface area (Å²) in [6.45, 7) is 21.4. The fraction of sp³-hybridized carbons (Fsp3) is 0.288. The molecule has 2 aliphatic rings. The number of allylic oxidation sites excluding steroid dienone is 5. The van der Waals surface area contributed by atoms with Crippen molar-refractivity contribution in [2.75, 3.05) is 0 Å². The quantitative estimate of drug-likeness (QED) is 0.151. The Morgan fingerprint density at radius 1 is 0.525 bits per heavy atom. The van der Waals surface area contributed by atoms with Gasteiger partial charge in [0.2, 0.25) is 0 Å². The van der Waals surface area contributed by atoms with E-state index in [-0.39, 0.29) is 0 Å². The summed E-state index contributed by atoms with van der Waals surface area (Å²) in [5.74, 6) is 0.511. The highest BCUT2D eigenvalue weighted by molar-refractivity contribution is 5.87. The molecule has 0 saturated carbocycles. The smallest absolute Gasteiger partial charge is 0.00764 e. The summed E-state index contributed by atoms with van der Waals surface area (Å²) in [7, 11) is 0. The van der Waals surface area contributed by atoms with Gasteiger partial charge in [0.05, 0.1) is 0 Å². The van der Waals surface area contributed by atoms with Crippen LogP contribution >= 0.6 is 0 Å². The maximum atomic E-state index is 2.41. The van der Waals surface area contributed by atoms with Crippen molar-refractivity contribution in [1.82, 2.24) is 0 Å². The van der Waals surface area contributed by atoms with Crippen molar-refractivity contribution in [2.24, 2.45) is 0 Å². The number of hydrogen-bond acceptors (Lipinski definition) is 0. The third-order valence-corrected chi connectivity index (χ3v) is 11.2. The zero-order valence-corrected chi connectivity index (χ0v) is 37.9. The molecule has 6 aromatic carbocycles. The summed E-state index contributed by atoms with van der Waals surface area (Å²) in [5.41, 5.74) is 21.1. The van der Waals surface area contributed by atoms with E-state index in [4.69, 9.17) is 0 Å². The minimum atomic E-state index is 0.511. The summed E-state index contributed by atoms with van der Waals surface area (Å²) in [5, 5.41) is 0. The second-order valence-corrected chi connectivity index (χ2v) is 15.2. The molecule has 0 nitrogen and oxygen atoms in total. The van der Waals surface area contributed by atoms with Crippen LogP contribution in [0, 0.1) is 20.8 Å². The Kier molecular flexibility index (Phi) is 19.2. The van der Waals surface area contributed by atoms with Gasteiger partial charge in [0.25, 0.3) is 0 Å². The van der Waals surface area contributed by atoms with E-state index in [1.54, 1.807) is 0 Å². The van der Waals surface area contributed by atoms with Crippen molar-refractivity contribution >= 4 is 17.2 Å². The number of fused-ring (bicyclic) bond motifs is 1. The Morgan fingerprint density at radius 3 is 1.71 bits per heavy atom. The zero-order valence-electron chi connectivity index (χ0n) is 37.9. The molecule has 0 amide bonds. The second kappa shape index (κ2) is 24.5. The SMILES string of the molecule is CC.CC.CCc1ccc(C2=CC=C(c3cccc(-c4c(C)ccc5c4C=CCC5)c3C(C)CC)CC2)cc1.Cc1cccc(-c2ccccc2)c1.Cc1ccccc1. The molecule has 59 heavy (non-hydrogen) atoms. The normalized spacial score (nSPS) is 12.8. The van der Waals surface area contributed by atoms with Crippen LogP contribution in [-0.2, 0) is 12.8 Å². The predicted molar refractivity (Wildman–Crippen MR) is 264 cm³/mol. The van der Waals surface area contributed by atoms with E-state index < -0.39 is 0 Å². The van der Waals surface area contributed by atoms with Gasteiger partial charge in [-0.2, -0.15) is 0 Å². The standard InChI is InChI=1S/C35H38.C13H12.C7H8.2C2H6/c1-5-24(3)34-32(30-22-20-28(21-23-30)27-18-15-26(6-2)16-19-27)12-9-13-33(34)35-25(4)14-17-29-10-7-8-11-31(29)35;1-11-6-5-9-13(10-11)12-7-3-2-4-8-12;1-7-5-3-2-4-6-7;2*1-2/h8-9,11-20,22,24H,5-7,10,21,23H2,1-4H3;2-10H,1H3;2-6H,1H3;2*1-2H3. The van der Waals surface area contributed by atoms with E-state index >= 15 is 0 Å². The van der Waals surface area contributed by atoms with E-state index in [2.05, 4.69) is 181 Å². The lowest BCUT2D eigenvalue weighted by Crippen LogP contribution is -2.06. The molecule has 1 unspecified atom stereocenters. The molecule has 0 radical (unpaired) electrons. The molecule has 0 heterocycles. The molecule has 1 atom stereocenters. The molecule has 0 saturated heterocycles. The summed E-state index contributed by atoms with van der Waals surface area (Å²) in [6, 6.07) is 50.1. The number of rotatable bonds is 7. The molecule has 306 valence electrons. The Hall–Kier alpha value is -5.46. The van der Waals surface area contributed by atoms with E-state index in [0.29, 0.717) is 5.92 Å². The van der Waals surface area contributed by atoms with Gasteiger partial charge in [-0.3, -0.25) is 0 Å². The fourth-order valence-corrected chi connectivity index (χ4v) is 7.82. The largest absolute Gasteiger partial charge is 0.0836 e. The molecule has 2 aliphatic carbocycles. The predicted octanol–water partition coefficient (Wildman–Crippen LogP) is 17.7. The summed E-state index contributed by atoms with van der Waals surface area (Å²) >= 11 is 0. The van der Waals surface area contributed by atoms with Gasteiger partial charge >= 0.3 is 0 Å². The zero-order chi connectivity index (χ0) is 42.6. The minimum Gasteiger partial charge on any atom is -0.0836 e. The maximum absolute atomic E-state index is 2.41. The monoisotopic (exact) mass is 779 g/mol. The van der Waals surface area contributed by atoms with Crippen LogP contribution in [0.25, 0.3) is 39.5 Å². The van der Waals surface area contributed by atoms with Crippen molar-refractivity contribution in [1.29, 1.82) is 0 Å². The molecular formula is C59H70. The summed E-state index contributed by atoms with van der Waals surface area (Å²) in [4.78, 5) is 0. The lowest BCUT2D eigenvalue weighted by atomic mass is 9.78. The average Bonchev–Trinajstić information content (AvgIpc) is 3.31. The van der Waals surface area contributed by atoms with E-state index in [1.165, 1.54) is 83.5 Å². The molecule has 0 bridgehead atoms. The van der Waals surface area contributed by atoms with Crippen LogP contribution in [0.5, 0.6) is 0 Å². The van der Waals surface area contributed by atoms with Crippen LogP contribution in [0.4, 0.5) is 0 Å². The summed E-state index contributed by atoms with van der Waals surface area (Å²) in [6.07, 6.45) is 16.2. The first-order valence-corrected chi connectivity index (χ1v) is 22.4.